The molecule has 2 heteroatoms. The maximum atomic E-state index is 9.57. The fourth-order valence-electron chi connectivity index (χ4n) is 1.47. The van der Waals surface area contributed by atoms with Crippen molar-refractivity contribution < 1.29 is 5.11 Å². The number of rotatable bonds is 0. The molecule has 0 atom stereocenters. The third-order valence-electron chi connectivity index (χ3n) is 2.26. The molecule has 2 rings (SSSR count). The number of halogens is 1. The van der Waals surface area contributed by atoms with Crippen LogP contribution in [0.3, 0.4) is 0 Å². The van der Waals surface area contributed by atoms with Gasteiger partial charge in [-0.05, 0) is 52.4 Å². The maximum absolute atomic E-state index is 9.57. The summed E-state index contributed by atoms with van der Waals surface area (Å²) in [6.07, 6.45) is 2.15. The van der Waals surface area contributed by atoms with Gasteiger partial charge in [0.15, 0.2) is 0 Å². The number of hydrogen-bond donors (Lipinski definition) is 1. The molecule has 0 aromatic heterocycles. The normalized spacial score (nSPS) is 14.0. The summed E-state index contributed by atoms with van der Waals surface area (Å²) in [6, 6.07) is 2.14. The summed E-state index contributed by atoms with van der Waals surface area (Å²) in [4.78, 5) is 0. The van der Waals surface area contributed by atoms with Crippen molar-refractivity contribution in [2.75, 3.05) is 0 Å². The Morgan fingerprint density at radius 3 is 2.73 bits per heavy atom. The van der Waals surface area contributed by atoms with E-state index in [9.17, 15) is 5.11 Å². The molecule has 0 unspecified atom stereocenters. The highest BCUT2D eigenvalue weighted by atomic mass is 79.9. The van der Waals surface area contributed by atoms with Gasteiger partial charge in [0, 0.05) is 0 Å². The van der Waals surface area contributed by atoms with Crippen molar-refractivity contribution in [3.05, 3.63) is 27.2 Å². The minimum Gasteiger partial charge on any atom is -0.506 e. The van der Waals surface area contributed by atoms with E-state index in [0.717, 1.165) is 28.4 Å². The molecule has 11 heavy (non-hydrogen) atoms. The van der Waals surface area contributed by atoms with E-state index >= 15 is 0 Å². The summed E-state index contributed by atoms with van der Waals surface area (Å²) in [5, 5.41) is 9.57. The molecule has 1 aliphatic carbocycles. The quantitative estimate of drug-likeness (QED) is 0.702. The van der Waals surface area contributed by atoms with E-state index in [0.29, 0.717) is 5.75 Å². The summed E-state index contributed by atoms with van der Waals surface area (Å²) in [5.41, 5.74) is 3.56. The number of phenols is 1. The van der Waals surface area contributed by atoms with Gasteiger partial charge < -0.3 is 5.11 Å². The van der Waals surface area contributed by atoms with E-state index in [1.165, 1.54) is 5.56 Å². The lowest BCUT2D eigenvalue weighted by Crippen LogP contribution is -2.09. The Balaban J connectivity index is 2.70. The summed E-state index contributed by atoms with van der Waals surface area (Å²) in [6.45, 7) is 2.00. The monoisotopic (exact) mass is 212 g/mol. The molecular weight excluding hydrogens is 204 g/mol. The zero-order valence-corrected chi connectivity index (χ0v) is 7.90. The second-order valence-corrected chi connectivity index (χ2v) is 3.79. The van der Waals surface area contributed by atoms with Crippen LogP contribution in [-0.2, 0) is 12.8 Å². The van der Waals surface area contributed by atoms with E-state index < -0.39 is 0 Å². The van der Waals surface area contributed by atoms with Gasteiger partial charge in [0.2, 0.25) is 0 Å². The van der Waals surface area contributed by atoms with Crippen LogP contribution < -0.4 is 0 Å². The average molecular weight is 213 g/mol. The van der Waals surface area contributed by atoms with Crippen LogP contribution in [0.5, 0.6) is 5.75 Å². The van der Waals surface area contributed by atoms with Gasteiger partial charge >= 0.3 is 0 Å². The molecule has 58 valence electrons. The highest BCUT2D eigenvalue weighted by Crippen LogP contribution is 2.39. The number of aromatic hydroxyl groups is 1. The molecule has 0 fully saturated rings. The fourth-order valence-corrected chi connectivity index (χ4v) is 1.82. The largest absolute Gasteiger partial charge is 0.506 e. The lowest BCUT2D eigenvalue weighted by molar-refractivity contribution is 0.457. The zero-order chi connectivity index (χ0) is 8.01. The predicted molar refractivity (Wildman–Crippen MR) is 48.0 cm³/mol. The predicted octanol–water partition coefficient (Wildman–Crippen LogP) is 2.56. The standard InChI is InChI=1S/C9H9BrO/c1-5-4-6-2-3-7(6)9(11)8(5)10/h4,11H,2-3H2,1H3. The van der Waals surface area contributed by atoms with Gasteiger partial charge in [-0.2, -0.15) is 0 Å². The maximum Gasteiger partial charge on any atom is 0.133 e. The van der Waals surface area contributed by atoms with Crippen molar-refractivity contribution >= 4 is 15.9 Å². The first kappa shape index (κ1) is 7.17. The van der Waals surface area contributed by atoms with Gasteiger partial charge in [-0.25, -0.2) is 0 Å². The molecule has 1 aromatic carbocycles. The molecular formula is C9H9BrO. The highest BCUT2D eigenvalue weighted by molar-refractivity contribution is 9.10. The Hall–Kier alpha value is -0.500. The van der Waals surface area contributed by atoms with Crippen LogP contribution in [0.15, 0.2) is 10.5 Å². The van der Waals surface area contributed by atoms with E-state index in [2.05, 4.69) is 22.0 Å². The van der Waals surface area contributed by atoms with Crippen molar-refractivity contribution in [2.45, 2.75) is 19.8 Å². The van der Waals surface area contributed by atoms with Crippen LogP contribution in [0.4, 0.5) is 0 Å². The van der Waals surface area contributed by atoms with Gasteiger partial charge in [-0.1, -0.05) is 6.07 Å². The van der Waals surface area contributed by atoms with Gasteiger partial charge in [0.1, 0.15) is 5.75 Å². The molecule has 0 aliphatic heterocycles. The van der Waals surface area contributed by atoms with Crippen molar-refractivity contribution in [2.24, 2.45) is 0 Å². The fraction of sp³-hybridized carbons (Fsp3) is 0.333. The van der Waals surface area contributed by atoms with E-state index in [4.69, 9.17) is 0 Å². The van der Waals surface area contributed by atoms with Gasteiger partial charge in [-0.3, -0.25) is 0 Å². The molecule has 1 aromatic rings. The summed E-state index contributed by atoms with van der Waals surface area (Å²) >= 11 is 3.35. The number of phenolic OH excluding ortho intramolecular Hbond substituents is 1. The second-order valence-electron chi connectivity index (χ2n) is 2.99. The highest BCUT2D eigenvalue weighted by Gasteiger charge is 2.20. The first-order chi connectivity index (χ1) is 5.20. The van der Waals surface area contributed by atoms with Gasteiger partial charge in [0.25, 0.3) is 0 Å². The smallest absolute Gasteiger partial charge is 0.133 e. The molecule has 0 spiro atoms. The minimum atomic E-state index is 0.450. The SMILES string of the molecule is Cc1cc2c(c(O)c1Br)CC2. The van der Waals surface area contributed by atoms with Crippen molar-refractivity contribution in [3.8, 4) is 5.75 Å². The summed E-state index contributed by atoms with van der Waals surface area (Å²) in [7, 11) is 0. The van der Waals surface area contributed by atoms with Crippen molar-refractivity contribution in [3.63, 3.8) is 0 Å². The second kappa shape index (κ2) is 2.24. The minimum absolute atomic E-state index is 0.450. The van der Waals surface area contributed by atoms with Gasteiger partial charge in [0.05, 0.1) is 4.47 Å². The van der Waals surface area contributed by atoms with E-state index in [-0.39, 0.29) is 0 Å². The van der Waals surface area contributed by atoms with Crippen molar-refractivity contribution in [1.82, 2.24) is 0 Å². The van der Waals surface area contributed by atoms with Crippen molar-refractivity contribution in [1.29, 1.82) is 0 Å². The Labute approximate surface area is 74.2 Å². The van der Waals surface area contributed by atoms with Gasteiger partial charge in [-0.15, -0.1) is 0 Å². The average Bonchev–Trinajstić information content (AvgIpc) is 1.93. The first-order valence-corrected chi connectivity index (χ1v) is 4.49. The third-order valence-corrected chi connectivity index (χ3v) is 3.26. The molecule has 0 amide bonds. The van der Waals surface area contributed by atoms with Crippen LogP contribution in [0.1, 0.15) is 16.7 Å². The molecule has 0 bridgehead atoms. The van der Waals surface area contributed by atoms with Crippen LogP contribution >= 0.6 is 15.9 Å². The molecule has 1 nitrogen and oxygen atoms in total. The third kappa shape index (κ3) is 0.890. The first-order valence-electron chi connectivity index (χ1n) is 3.70. The number of hydrogen-bond acceptors (Lipinski definition) is 1. The molecule has 0 heterocycles. The Morgan fingerprint density at radius 2 is 2.18 bits per heavy atom. The molecule has 0 saturated carbocycles. The number of aryl methyl sites for hydroxylation is 2. The van der Waals surface area contributed by atoms with Crippen LogP contribution in [0.25, 0.3) is 0 Å². The van der Waals surface area contributed by atoms with Crippen LogP contribution in [0.2, 0.25) is 0 Å². The molecule has 1 N–H and O–H groups in total. The lowest BCUT2D eigenvalue weighted by atomic mass is 9.86. The topological polar surface area (TPSA) is 20.2 Å². The summed E-state index contributed by atoms with van der Waals surface area (Å²) in [5.74, 6) is 0.450. The Morgan fingerprint density at radius 1 is 1.45 bits per heavy atom. The Kier molecular flexibility index (Phi) is 1.46. The van der Waals surface area contributed by atoms with E-state index in [1.54, 1.807) is 0 Å². The van der Waals surface area contributed by atoms with Crippen LogP contribution in [-0.4, -0.2) is 5.11 Å². The molecule has 0 radical (unpaired) electrons. The number of fused-ring (bicyclic) bond motifs is 1. The molecule has 1 aliphatic rings. The van der Waals surface area contributed by atoms with Crippen LogP contribution in [0, 0.1) is 6.92 Å². The van der Waals surface area contributed by atoms with E-state index in [1.807, 2.05) is 6.92 Å². The Bertz CT molecular complexity index is 304. The zero-order valence-electron chi connectivity index (χ0n) is 6.32. The lowest BCUT2D eigenvalue weighted by Gasteiger charge is -2.21. The molecule has 0 saturated heterocycles. The summed E-state index contributed by atoms with van der Waals surface area (Å²) < 4.78 is 0.857. The number of benzene rings is 1.